The third-order valence-corrected chi connectivity index (χ3v) is 4.05. The van der Waals surface area contributed by atoms with Crippen LogP contribution in [-0.4, -0.2) is 11.0 Å². The van der Waals surface area contributed by atoms with Crippen molar-refractivity contribution in [1.29, 1.82) is 0 Å². The number of nitrogens with zero attached hydrogens (tertiary/aromatic N) is 1. The minimum Gasteiger partial charge on any atom is -0.469 e. The summed E-state index contributed by atoms with van der Waals surface area (Å²) in [6, 6.07) is 8.49. The average molecular weight is 272 g/mol. The number of thiophene rings is 1. The van der Waals surface area contributed by atoms with Crippen LogP contribution in [0, 0.1) is 0 Å². The fourth-order valence-electron chi connectivity index (χ4n) is 2.13. The molecule has 0 saturated carbocycles. The Hall–Kier alpha value is -1.81. The smallest absolute Gasteiger partial charge is 0.134 e. The summed E-state index contributed by atoms with van der Waals surface area (Å²) in [5.41, 5.74) is 0. The largest absolute Gasteiger partial charge is 0.469 e. The maximum absolute atomic E-state index is 5.35. The molecule has 98 valence electrons. The fraction of sp³-hybridized carbons (Fsp3) is 0.267. The highest BCUT2D eigenvalue weighted by Crippen LogP contribution is 2.26. The van der Waals surface area contributed by atoms with Gasteiger partial charge in [-0.25, -0.2) is 4.98 Å². The Morgan fingerprint density at radius 3 is 3.16 bits per heavy atom. The van der Waals surface area contributed by atoms with Crippen molar-refractivity contribution in [3.05, 3.63) is 47.9 Å². The summed E-state index contributed by atoms with van der Waals surface area (Å²) < 4.78 is 6.62. The molecular weight excluding hydrogens is 256 g/mol. The normalized spacial score (nSPS) is 12.7. The summed E-state index contributed by atoms with van der Waals surface area (Å²) in [4.78, 5) is 4.44. The molecule has 3 nitrogen and oxygen atoms in total. The SMILES string of the molecule is CC(CCc1ccco1)Nc1nccc2sccc12. The highest BCUT2D eigenvalue weighted by atomic mass is 32.1. The van der Waals surface area contributed by atoms with Gasteiger partial charge < -0.3 is 9.73 Å². The number of hydrogen-bond acceptors (Lipinski definition) is 4. The van der Waals surface area contributed by atoms with Gasteiger partial charge in [0, 0.05) is 28.7 Å². The highest BCUT2D eigenvalue weighted by Gasteiger charge is 2.08. The minimum atomic E-state index is 0.364. The molecule has 0 aliphatic rings. The number of hydrogen-bond donors (Lipinski definition) is 1. The molecule has 3 rings (SSSR count). The van der Waals surface area contributed by atoms with Crippen molar-refractivity contribution in [2.24, 2.45) is 0 Å². The summed E-state index contributed by atoms with van der Waals surface area (Å²) in [6.45, 7) is 2.18. The van der Waals surface area contributed by atoms with Crippen LogP contribution in [0.25, 0.3) is 10.1 Å². The minimum absolute atomic E-state index is 0.364. The first-order valence-corrected chi connectivity index (χ1v) is 7.32. The monoisotopic (exact) mass is 272 g/mol. The van der Waals surface area contributed by atoms with Crippen molar-refractivity contribution in [2.45, 2.75) is 25.8 Å². The second-order valence-corrected chi connectivity index (χ2v) is 5.60. The number of rotatable bonds is 5. The van der Waals surface area contributed by atoms with Crippen molar-refractivity contribution in [3.63, 3.8) is 0 Å². The van der Waals surface area contributed by atoms with Gasteiger partial charge >= 0.3 is 0 Å². The first-order chi connectivity index (χ1) is 9.33. The Balaban J connectivity index is 1.65. The van der Waals surface area contributed by atoms with Gasteiger partial charge in [-0.1, -0.05) is 0 Å². The van der Waals surface area contributed by atoms with E-state index in [0.29, 0.717) is 6.04 Å². The summed E-state index contributed by atoms with van der Waals surface area (Å²) in [6.07, 6.45) is 5.55. The van der Waals surface area contributed by atoms with Gasteiger partial charge in [0.25, 0.3) is 0 Å². The molecule has 0 aliphatic carbocycles. The number of fused-ring (bicyclic) bond motifs is 1. The van der Waals surface area contributed by atoms with Crippen molar-refractivity contribution in [1.82, 2.24) is 4.98 Å². The molecule has 0 spiro atoms. The summed E-state index contributed by atoms with van der Waals surface area (Å²) in [5.74, 6) is 2.01. The zero-order chi connectivity index (χ0) is 13.1. The van der Waals surface area contributed by atoms with E-state index in [2.05, 4.69) is 34.7 Å². The van der Waals surface area contributed by atoms with E-state index >= 15 is 0 Å². The predicted molar refractivity (Wildman–Crippen MR) is 79.7 cm³/mol. The van der Waals surface area contributed by atoms with Crippen molar-refractivity contribution in [3.8, 4) is 0 Å². The second kappa shape index (κ2) is 5.45. The lowest BCUT2D eigenvalue weighted by Crippen LogP contribution is -2.16. The number of nitrogens with one attached hydrogen (secondary N) is 1. The number of anilines is 1. The standard InChI is InChI=1S/C15H16N2OS/c1-11(4-5-12-3-2-9-18-12)17-15-13-7-10-19-14(13)6-8-16-15/h2-3,6-11H,4-5H2,1H3,(H,16,17). The summed E-state index contributed by atoms with van der Waals surface area (Å²) in [7, 11) is 0. The lowest BCUT2D eigenvalue weighted by molar-refractivity contribution is 0.495. The lowest BCUT2D eigenvalue weighted by Gasteiger charge is -2.14. The maximum atomic E-state index is 5.35. The van der Waals surface area contributed by atoms with Crippen LogP contribution in [0.15, 0.2) is 46.5 Å². The zero-order valence-corrected chi connectivity index (χ0v) is 11.6. The van der Waals surface area contributed by atoms with Gasteiger partial charge in [0.15, 0.2) is 0 Å². The van der Waals surface area contributed by atoms with Crippen LogP contribution in [0.2, 0.25) is 0 Å². The fourth-order valence-corrected chi connectivity index (χ4v) is 2.91. The first kappa shape index (κ1) is 12.2. The van der Waals surface area contributed by atoms with E-state index in [1.165, 1.54) is 10.1 Å². The van der Waals surface area contributed by atoms with E-state index in [1.54, 1.807) is 17.6 Å². The molecule has 1 unspecified atom stereocenters. The van der Waals surface area contributed by atoms with E-state index in [0.717, 1.165) is 24.4 Å². The van der Waals surface area contributed by atoms with Crippen LogP contribution < -0.4 is 5.32 Å². The molecule has 1 atom stereocenters. The number of furan rings is 1. The molecule has 3 heterocycles. The number of aromatic nitrogens is 1. The molecule has 0 bridgehead atoms. The van der Waals surface area contributed by atoms with Gasteiger partial charge in [-0.2, -0.15) is 0 Å². The highest BCUT2D eigenvalue weighted by molar-refractivity contribution is 7.17. The number of pyridine rings is 1. The van der Waals surface area contributed by atoms with Crippen molar-refractivity contribution >= 4 is 27.2 Å². The molecule has 3 aromatic rings. The van der Waals surface area contributed by atoms with Crippen LogP contribution in [-0.2, 0) is 6.42 Å². The third kappa shape index (κ3) is 2.79. The van der Waals surface area contributed by atoms with Gasteiger partial charge in [-0.3, -0.25) is 0 Å². The lowest BCUT2D eigenvalue weighted by atomic mass is 10.1. The van der Waals surface area contributed by atoms with E-state index in [-0.39, 0.29) is 0 Å². The molecule has 0 saturated heterocycles. The Labute approximate surface area is 116 Å². The number of aryl methyl sites for hydroxylation is 1. The topological polar surface area (TPSA) is 38.1 Å². The van der Waals surface area contributed by atoms with E-state index in [9.17, 15) is 0 Å². The maximum Gasteiger partial charge on any atom is 0.134 e. The summed E-state index contributed by atoms with van der Waals surface area (Å²) >= 11 is 1.74. The molecular formula is C15H16N2OS. The van der Waals surface area contributed by atoms with E-state index in [1.807, 2.05) is 18.3 Å². The third-order valence-electron chi connectivity index (χ3n) is 3.17. The Kier molecular flexibility index (Phi) is 3.51. The molecule has 19 heavy (non-hydrogen) atoms. The molecule has 1 N–H and O–H groups in total. The molecule has 0 radical (unpaired) electrons. The van der Waals surface area contributed by atoms with Crippen LogP contribution in [0.5, 0.6) is 0 Å². The molecule has 0 aliphatic heterocycles. The van der Waals surface area contributed by atoms with Crippen LogP contribution in [0.3, 0.4) is 0 Å². The van der Waals surface area contributed by atoms with Gasteiger partial charge in [0.05, 0.1) is 6.26 Å². The van der Waals surface area contributed by atoms with E-state index in [4.69, 9.17) is 4.42 Å². The Morgan fingerprint density at radius 1 is 1.37 bits per heavy atom. The van der Waals surface area contributed by atoms with E-state index < -0.39 is 0 Å². The van der Waals surface area contributed by atoms with Gasteiger partial charge in [0.1, 0.15) is 11.6 Å². The van der Waals surface area contributed by atoms with Gasteiger partial charge in [-0.15, -0.1) is 11.3 Å². The molecule has 0 aromatic carbocycles. The first-order valence-electron chi connectivity index (χ1n) is 6.44. The average Bonchev–Trinajstić information content (AvgIpc) is 3.08. The van der Waals surface area contributed by atoms with Crippen molar-refractivity contribution < 1.29 is 4.42 Å². The van der Waals surface area contributed by atoms with Crippen LogP contribution in [0.4, 0.5) is 5.82 Å². The summed E-state index contributed by atoms with van der Waals surface area (Å²) in [5, 5.41) is 6.80. The second-order valence-electron chi connectivity index (χ2n) is 4.66. The van der Waals surface area contributed by atoms with Crippen molar-refractivity contribution in [2.75, 3.05) is 5.32 Å². The van der Waals surface area contributed by atoms with Gasteiger partial charge in [0.2, 0.25) is 0 Å². The van der Waals surface area contributed by atoms with Crippen LogP contribution in [0.1, 0.15) is 19.1 Å². The molecule has 3 aromatic heterocycles. The Bertz CT molecular complexity index is 645. The molecule has 0 amide bonds. The zero-order valence-electron chi connectivity index (χ0n) is 10.8. The predicted octanol–water partition coefficient (Wildman–Crippen LogP) is 4.32. The molecule has 4 heteroatoms. The quantitative estimate of drug-likeness (QED) is 0.751. The van der Waals surface area contributed by atoms with Crippen LogP contribution >= 0.6 is 11.3 Å². The molecule has 0 fully saturated rings. The van der Waals surface area contributed by atoms with Gasteiger partial charge in [-0.05, 0) is 43.0 Å². The Morgan fingerprint density at radius 2 is 2.32 bits per heavy atom.